The lowest BCUT2D eigenvalue weighted by Crippen LogP contribution is -2.67. The van der Waals surface area contributed by atoms with Crippen molar-refractivity contribution in [2.24, 2.45) is 16.7 Å². The molecular formula is C49H58N6O5S. The summed E-state index contributed by atoms with van der Waals surface area (Å²) in [5.41, 5.74) is 5.67. The third-order valence-electron chi connectivity index (χ3n) is 14.1. The van der Waals surface area contributed by atoms with Gasteiger partial charge in [0.15, 0.2) is 10.8 Å². The molecule has 1 saturated heterocycles. The smallest absolute Gasteiger partial charge is 0.358 e. The van der Waals surface area contributed by atoms with Gasteiger partial charge in [-0.05, 0) is 137 Å². The van der Waals surface area contributed by atoms with Gasteiger partial charge in [0, 0.05) is 55.1 Å². The largest absolute Gasteiger partial charge is 0.455 e. The molecule has 5 heterocycles. The van der Waals surface area contributed by atoms with E-state index in [0.29, 0.717) is 41.1 Å². The summed E-state index contributed by atoms with van der Waals surface area (Å²) in [5.74, 6) is 0.545. The van der Waals surface area contributed by atoms with E-state index in [1.54, 1.807) is 0 Å². The summed E-state index contributed by atoms with van der Waals surface area (Å²) in [5, 5.41) is 8.84. The fraction of sp³-hybridized carbons (Fsp3) is 0.531. The number of nitrogens with zero attached hydrogens (tertiary/aromatic N) is 5. The number of amides is 1. The number of carbonyl (C=O) groups excluding carboxylic acids is 2. The minimum atomic E-state index is -0.718. The zero-order valence-corrected chi connectivity index (χ0v) is 37.3. The number of hydrogen-bond donors (Lipinski definition) is 1. The maximum Gasteiger partial charge on any atom is 0.358 e. The molecule has 3 aromatic heterocycles. The van der Waals surface area contributed by atoms with Gasteiger partial charge < -0.3 is 19.1 Å². The van der Waals surface area contributed by atoms with Gasteiger partial charge in [-0.25, -0.2) is 14.8 Å². The van der Waals surface area contributed by atoms with E-state index in [1.165, 1.54) is 17.8 Å². The Balaban J connectivity index is 0.959. The van der Waals surface area contributed by atoms with E-state index in [9.17, 15) is 9.59 Å². The van der Waals surface area contributed by atoms with Crippen LogP contribution in [0.2, 0.25) is 0 Å². The van der Waals surface area contributed by atoms with Gasteiger partial charge in [0.05, 0.1) is 34.2 Å². The summed E-state index contributed by atoms with van der Waals surface area (Å²) in [7, 11) is 0. The third kappa shape index (κ3) is 7.56. The Morgan fingerprint density at radius 2 is 1.69 bits per heavy atom. The van der Waals surface area contributed by atoms with Crippen LogP contribution in [0.15, 0.2) is 60.8 Å². The van der Waals surface area contributed by atoms with Crippen molar-refractivity contribution in [1.82, 2.24) is 19.7 Å². The molecule has 11 rings (SSSR count). The van der Waals surface area contributed by atoms with Crippen LogP contribution in [-0.2, 0) is 32.7 Å². The molecule has 5 aromatic rings. The molecule has 2 unspecified atom stereocenters. The quantitative estimate of drug-likeness (QED) is 0.145. The van der Waals surface area contributed by atoms with Crippen LogP contribution in [-0.4, -0.2) is 69.2 Å². The molecule has 0 radical (unpaired) electrons. The molecule has 320 valence electrons. The van der Waals surface area contributed by atoms with Crippen molar-refractivity contribution in [3.63, 3.8) is 0 Å². The molecule has 2 aromatic carbocycles. The second-order valence-electron chi connectivity index (χ2n) is 20.6. The summed E-state index contributed by atoms with van der Waals surface area (Å²) in [4.78, 5) is 39.9. The number of hydrogen-bond acceptors (Lipinski definition) is 10. The molecule has 11 nitrogen and oxygen atoms in total. The zero-order chi connectivity index (χ0) is 42.4. The number of benzene rings is 2. The number of para-hydroxylation sites is 1. The molecular weight excluding hydrogens is 785 g/mol. The molecule has 6 aliphatic rings. The molecule has 2 aliphatic heterocycles. The van der Waals surface area contributed by atoms with Crippen molar-refractivity contribution in [2.45, 2.75) is 123 Å². The second kappa shape index (κ2) is 14.7. The average molecular weight is 843 g/mol. The summed E-state index contributed by atoms with van der Waals surface area (Å²) in [6, 6.07) is 17.8. The summed E-state index contributed by atoms with van der Waals surface area (Å²) in [6.45, 7) is 16.4. The van der Waals surface area contributed by atoms with E-state index in [-0.39, 0.29) is 33.6 Å². The van der Waals surface area contributed by atoms with Crippen molar-refractivity contribution in [1.29, 1.82) is 0 Å². The van der Waals surface area contributed by atoms with Crippen molar-refractivity contribution in [3.05, 3.63) is 88.9 Å². The lowest BCUT2D eigenvalue weighted by molar-refractivity contribution is -0.245. The van der Waals surface area contributed by atoms with E-state index in [2.05, 4.69) is 46.7 Å². The Kier molecular flexibility index (Phi) is 9.76. The number of rotatable bonds is 9. The molecule has 2 atom stereocenters. The first kappa shape index (κ1) is 40.4. The Hall–Kier alpha value is -4.65. The van der Waals surface area contributed by atoms with Gasteiger partial charge in [-0.1, -0.05) is 49.4 Å². The standard InChI is InChI=1S/C49H58N6O5S/c1-31-36(22-50-55(31)48-26-46(5)25-47(6,27-48)29-49(28-46,30-48)59-24-32-17-20-58-21-18-32)34-14-15-40(52-41(34)43(57)60-45(2,3)4)54-19-16-33-10-9-11-35(37(33)23-54)42(56)53-44-51-38-12-7-8-13-39(38)61-44/h7-15,22,32H,16-21,23-30H2,1-6H3,(H,51,53,56). The van der Waals surface area contributed by atoms with Gasteiger partial charge in [-0.2, -0.15) is 5.10 Å². The van der Waals surface area contributed by atoms with E-state index < -0.39 is 11.6 Å². The molecule has 5 fully saturated rings. The second-order valence-corrected chi connectivity index (χ2v) is 21.7. The summed E-state index contributed by atoms with van der Waals surface area (Å²) in [6.07, 6.45) is 11.3. The molecule has 4 saturated carbocycles. The van der Waals surface area contributed by atoms with Crippen LogP contribution in [0, 0.1) is 23.7 Å². The first-order chi connectivity index (χ1) is 29.1. The highest BCUT2D eigenvalue weighted by molar-refractivity contribution is 7.22. The van der Waals surface area contributed by atoms with Crippen LogP contribution in [0.3, 0.4) is 0 Å². The van der Waals surface area contributed by atoms with Gasteiger partial charge in [0.25, 0.3) is 5.91 Å². The maximum atomic E-state index is 14.2. The third-order valence-corrected chi connectivity index (χ3v) is 15.0. The molecule has 12 heteroatoms. The van der Waals surface area contributed by atoms with E-state index in [0.717, 1.165) is 104 Å². The first-order valence-electron chi connectivity index (χ1n) is 22.1. The number of aromatic nitrogens is 4. The van der Waals surface area contributed by atoms with Crippen LogP contribution in [0.4, 0.5) is 10.9 Å². The molecule has 1 amide bonds. The van der Waals surface area contributed by atoms with Gasteiger partial charge >= 0.3 is 5.97 Å². The van der Waals surface area contributed by atoms with Crippen molar-refractivity contribution >= 4 is 44.4 Å². The Bertz CT molecular complexity index is 2480. The number of carbonyl (C=O) groups is 2. The average Bonchev–Trinajstić information content (AvgIpc) is 3.81. The number of ether oxygens (including phenoxy) is 3. The molecule has 1 N–H and O–H groups in total. The van der Waals surface area contributed by atoms with Crippen LogP contribution in [0.1, 0.15) is 124 Å². The Morgan fingerprint density at radius 3 is 2.44 bits per heavy atom. The van der Waals surface area contributed by atoms with Crippen molar-refractivity contribution in [3.8, 4) is 11.1 Å². The number of anilines is 2. The van der Waals surface area contributed by atoms with Gasteiger partial charge in [-0.15, -0.1) is 0 Å². The van der Waals surface area contributed by atoms with E-state index in [4.69, 9.17) is 24.3 Å². The van der Waals surface area contributed by atoms with Gasteiger partial charge in [0.1, 0.15) is 11.4 Å². The monoisotopic (exact) mass is 842 g/mol. The van der Waals surface area contributed by atoms with E-state index >= 15 is 0 Å². The topological polar surface area (TPSA) is 121 Å². The van der Waals surface area contributed by atoms with Gasteiger partial charge in [-0.3, -0.25) is 14.8 Å². The van der Waals surface area contributed by atoms with Gasteiger partial charge in [0.2, 0.25) is 0 Å². The highest BCUT2D eigenvalue weighted by Gasteiger charge is 2.67. The van der Waals surface area contributed by atoms with Crippen LogP contribution in [0.25, 0.3) is 21.3 Å². The number of fused-ring (bicyclic) bond motifs is 2. The lowest BCUT2D eigenvalue weighted by Gasteiger charge is -2.69. The van der Waals surface area contributed by atoms with Crippen LogP contribution in [0.5, 0.6) is 0 Å². The fourth-order valence-electron chi connectivity index (χ4n) is 12.7. The van der Waals surface area contributed by atoms with E-state index in [1.807, 2.05) is 75.5 Å². The number of nitrogens with one attached hydrogen (secondary N) is 1. The SMILES string of the molecule is Cc1c(-c2ccc(N3CCc4cccc(C(=O)Nc5nc6ccccc6s5)c4C3)nc2C(=O)OC(C)(C)C)cnn1C12CC3(C)CC(C)(CC(OCC4CCOCC4)(C3)C1)C2. The minimum absolute atomic E-state index is 0.158. The zero-order valence-electron chi connectivity index (χ0n) is 36.4. The Morgan fingerprint density at radius 1 is 0.918 bits per heavy atom. The number of thiazole rings is 1. The number of esters is 1. The number of pyridine rings is 1. The highest BCUT2D eigenvalue weighted by atomic mass is 32.1. The van der Waals surface area contributed by atoms with Crippen molar-refractivity contribution in [2.75, 3.05) is 36.6 Å². The predicted molar refractivity (Wildman–Crippen MR) is 238 cm³/mol. The molecule has 4 bridgehead atoms. The Labute approximate surface area is 362 Å². The first-order valence-corrected chi connectivity index (χ1v) is 23.0. The molecule has 4 aliphatic carbocycles. The highest BCUT2D eigenvalue weighted by Crippen LogP contribution is 2.71. The molecule has 0 spiro atoms. The minimum Gasteiger partial charge on any atom is -0.455 e. The fourth-order valence-corrected chi connectivity index (χ4v) is 13.5. The normalized spacial score (nSPS) is 27.3. The summed E-state index contributed by atoms with van der Waals surface area (Å²) < 4.78 is 22.2. The summed E-state index contributed by atoms with van der Waals surface area (Å²) >= 11 is 1.46. The lowest BCUT2D eigenvalue weighted by atomic mass is 9.41. The maximum absolute atomic E-state index is 14.2. The van der Waals surface area contributed by atoms with Crippen LogP contribution < -0.4 is 10.2 Å². The molecule has 61 heavy (non-hydrogen) atoms. The predicted octanol–water partition coefficient (Wildman–Crippen LogP) is 9.90. The van der Waals surface area contributed by atoms with Crippen LogP contribution >= 0.6 is 11.3 Å². The van der Waals surface area contributed by atoms with Crippen molar-refractivity contribution < 1.29 is 23.8 Å².